The molecule has 78 valence electrons. The number of aryl methyl sites for hydroxylation is 1. The van der Waals surface area contributed by atoms with E-state index in [1.807, 2.05) is 6.92 Å². The Morgan fingerprint density at radius 1 is 1.40 bits per heavy atom. The molecule has 0 atom stereocenters. The van der Waals surface area contributed by atoms with Crippen molar-refractivity contribution >= 4 is 0 Å². The monoisotopic (exact) mass is 206 g/mol. The Labute approximate surface area is 85.6 Å². The van der Waals surface area contributed by atoms with Crippen molar-refractivity contribution in [2.24, 2.45) is 0 Å². The van der Waals surface area contributed by atoms with Gasteiger partial charge in [-0.15, -0.1) is 10.2 Å². The van der Waals surface area contributed by atoms with Crippen molar-refractivity contribution in [2.75, 3.05) is 0 Å². The Kier molecular flexibility index (Phi) is 2.57. The van der Waals surface area contributed by atoms with E-state index < -0.39 is 0 Å². The molecule has 6 heteroatoms. The Bertz CT molecular complexity index is 503. The molecule has 0 saturated carbocycles. The molecular formula is C9H10N4O2. The van der Waals surface area contributed by atoms with Crippen LogP contribution in [0.2, 0.25) is 0 Å². The van der Waals surface area contributed by atoms with Crippen LogP contribution in [0.5, 0.6) is 0 Å². The SMILES string of the molecule is CCc1nnc(Cn2cnccc2=O)o1. The molecule has 6 nitrogen and oxygen atoms in total. The summed E-state index contributed by atoms with van der Waals surface area (Å²) in [7, 11) is 0. The van der Waals surface area contributed by atoms with Gasteiger partial charge in [0.05, 0.1) is 6.33 Å². The predicted molar refractivity (Wildman–Crippen MR) is 51.3 cm³/mol. The lowest BCUT2D eigenvalue weighted by Gasteiger charge is -1.98. The predicted octanol–water partition coefficient (Wildman–Crippen LogP) is 0.237. The quantitative estimate of drug-likeness (QED) is 0.719. The van der Waals surface area contributed by atoms with Gasteiger partial charge in [-0.25, -0.2) is 4.98 Å². The van der Waals surface area contributed by atoms with Crippen LogP contribution < -0.4 is 5.56 Å². The molecule has 0 spiro atoms. The molecule has 0 fully saturated rings. The Morgan fingerprint density at radius 3 is 2.87 bits per heavy atom. The first kappa shape index (κ1) is 9.57. The van der Waals surface area contributed by atoms with Gasteiger partial charge in [0.1, 0.15) is 6.54 Å². The maximum absolute atomic E-state index is 11.3. The maximum atomic E-state index is 11.3. The topological polar surface area (TPSA) is 73.8 Å². The molecule has 0 radical (unpaired) electrons. The summed E-state index contributed by atoms with van der Waals surface area (Å²) in [5.74, 6) is 0.990. The fourth-order valence-electron chi connectivity index (χ4n) is 1.14. The molecule has 2 heterocycles. The third kappa shape index (κ3) is 2.09. The third-order valence-corrected chi connectivity index (χ3v) is 1.91. The van der Waals surface area contributed by atoms with Crippen LogP contribution in [0.1, 0.15) is 18.7 Å². The minimum atomic E-state index is -0.138. The van der Waals surface area contributed by atoms with E-state index in [0.717, 1.165) is 0 Å². The standard InChI is InChI=1S/C9H10N4O2/c1-2-7-11-12-8(15-7)5-13-6-10-4-3-9(13)14/h3-4,6H,2,5H2,1H3. The zero-order valence-corrected chi connectivity index (χ0v) is 8.25. The van der Waals surface area contributed by atoms with Crippen LogP contribution >= 0.6 is 0 Å². The first-order valence-corrected chi connectivity index (χ1v) is 4.61. The van der Waals surface area contributed by atoms with Crippen molar-refractivity contribution in [1.29, 1.82) is 0 Å². The number of hydrogen-bond donors (Lipinski definition) is 0. The smallest absolute Gasteiger partial charge is 0.253 e. The lowest BCUT2D eigenvalue weighted by atomic mass is 10.5. The molecule has 15 heavy (non-hydrogen) atoms. The van der Waals surface area contributed by atoms with Gasteiger partial charge in [-0.05, 0) is 0 Å². The van der Waals surface area contributed by atoms with Gasteiger partial charge < -0.3 is 4.42 Å². The van der Waals surface area contributed by atoms with E-state index in [-0.39, 0.29) is 12.1 Å². The van der Waals surface area contributed by atoms with Gasteiger partial charge in [0.2, 0.25) is 11.8 Å². The molecule has 0 aromatic carbocycles. The molecular weight excluding hydrogens is 196 g/mol. The molecule has 0 N–H and O–H groups in total. The van der Waals surface area contributed by atoms with E-state index in [0.29, 0.717) is 18.2 Å². The largest absolute Gasteiger partial charge is 0.423 e. The van der Waals surface area contributed by atoms with E-state index in [1.165, 1.54) is 23.2 Å². The van der Waals surface area contributed by atoms with Crippen molar-refractivity contribution in [3.63, 3.8) is 0 Å². The highest BCUT2D eigenvalue weighted by atomic mass is 16.4. The second-order valence-corrected chi connectivity index (χ2v) is 2.99. The third-order valence-electron chi connectivity index (χ3n) is 1.91. The van der Waals surface area contributed by atoms with Crippen molar-refractivity contribution < 1.29 is 4.42 Å². The minimum absolute atomic E-state index is 0.138. The minimum Gasteiger partial charge on any atom is -0.423 e. The lowest BCUT2D eigenvalue weighted by Crippen LogP contribution is -2.19. The summed E-state index contributed by atoms with van der Waals surface area (Å²) in [5, 5.41) is 7.63. The molecule has 0 saturated heterocycles. The van der Waals surface area contributed by atoms with Crippen LogP contribution in [0.15, 0.2) is 27.8 Å². The number of nitrogens with zero attached hydrogens (tertiary/aromatic N) is 4. The summed E-state index contributed by atoms with van der Waals surface area (Å²) in [5.41, 5.74) is -0.138. The van der Waals surface area contributed by atoms with Gasteiger partial charge in [-0.2, -0.15) is 0 Å². The van der Waals surface area contributed by atoms with Gasteiger partial charge in [0.15, 0.2) is 0 Å². The number of rotatable bonds is 3. The fraction of sp³-hybridized carbons (Fsp3) is 0.333. The average molecular weight is 206 g/mol. The molecule has 0 aliphatic carbocycles. The Morgan fingerprint density at radius 2 is 2.20 bits per heavy atom. The van der Waals surface area contributed by atoms with Crippen LogP contribution in [-0.2, 0) is 13.0 Å². The summed E-state index contributed by atoms with van der Waals surface area (Å²) in [6, 6.07) is 1.39. The normalized spacial score (nSPS) is 10.5. The molecule has 0 unspecified atom stereocenters. The van der Waals surface area contributed by atoms with Crippen molar-refractivity contribution in [1.82, 2.24) is 19.7 Å². The van der Waals surface area contributed by atoms with Crippen LogP contribution in [0.4, 0.5) is 0 Å². The van der Waals surface area contributed by atoms with E-state index in [9.17, 15) is 4.79 Å². The summed E-state index contributed by atoms with van der Waals surface area (Å²) in [6.45, 7) is 2.19. The first-order chi connectivity index (χ1) is 7.29. The first-order valence-electron chi connectivity index (χ1n) is 4.61. The number of hydrogen-bond acceptors (Lipinski definition) is 5. The lowest BCUT2D eigenvalue weighted by molar-refractivity contribution is 0.439. The van der Waals surface area contributed by atoms with Gasteiger partial charge in [-0.1, -0.05) is 6.92 Å². The van der Waals surface area contributed by atoms with Crippen molar-refractivity contribution in [2.45, 2.75) is 19.9 Å². The summed E-state index contributed by atoms with van der Waals surface area (Å²) < 4.78 is 6.69. The molecule has 2 rings (SSSR count). The highest BCUT2D eigenvalue weighted by Gasteiger charge is 2.05. The highest BCUT2D eigenvalue weighted by molar-refractivity contribution is 4.87. The second kappa shape index (κ2) is 4.04. The highest BCUT2D eigenvalue weighted by Crippen LogP contribution is 2.00. The van der Waals surface area contributed by atoms with Crippen molar-refractivity contribution in [3.8, 4) is 0 Å². The summed E-state index contributed by atoms with van der Waals surface area (Å²) in [6.07, 6.45) is 3.58. The number of aromatic nitrogens is 4. The molecule has 2 aromatic heterocycles. The van der Waals surface area contributed by atoms with Crippen LogP contribution in [-0.4, -0.2) is 19.7 Å². The summed E-state index contributed by atoms with van der Waals surface area (Å²) >= 11 is 0. The van der Waals surface area contributed by atoms with Crippen LogP contribution in [0.25, 0.3) is 0 Å². The molecule has 0 amide bonds. The fourth-order valence-corrected chi connectivity index (χ4v) is 1.14. The molecule has 2 aromatic rings. The van der Waals surface area contributed by atoms with Crippen molar-refractivity contribution in [3.05, 3.63) is 40.7 Å². The average Bonchev–Trinajstić information content (AvgIpc) is 2.69. The molecule has 0 aliphatic heterocycles. The van der Waals surface area contributed by atoms with E-state index >= 15 is 0 Å². The van der Waals surface area contributed by atoms with Gasteiger partial charge in [0.25, 0.3) is 5.56 Å². The molecule has 0 aliphatic rings. The Hall–Kier alpha value is -1.98. The van der Waals surface area contributed by atoms with Gasteiger partial charge >= 0.3 is 0 Å². The summed E-state index contributed by atoms with van der Waals surface area (Å²) in [4.78, 5) is 15.2. The zero-order chi connectivity index (χ0) is 10.7. The van der Waals surface area contributed by atoms with Gasteiger partial charge in [-0.3, -0.25) is 9.36 Å². The maximum Gasteiger partial charge on any atom is 0.253 e. The molecule has 0 bridgehead atoms. The van der Waals surface area contributed by atoms with E-state index in [4.69, 9.17) is 4.42 Å². The van der Waals surface area contributed by atoms with Gasteiger partial charge in [0, 0.05) is 18.7 Å². The van der Waals surface area contributed by atoms with Crippen LogP contribution in [0, 0.1) is 0 Å². The van der Waals surface area contributed by atoms with E-state index in [2.05, 4.69) is 15.2 Å². The zero-order valence-electron chi connectivity index (χ0n) is 8.25. The van der Waals surface area contributed by atoms with Crippen LogP contribution in [0.3, 0.4) is 0 Å². The Balaban J connectivity index is 2.22. The van der Waals surface area contributed by atoms with E-state index in [1.54, 1.807) is 0 Å². The second-order valence-electron chi connectivity index (χ2n) is 2.99.